The second-order valence-electron chi connectivity index (χ2n) is 8.77. The Morgan fingerprint density at radius 2 is 1.83 bits per heavy atom. The van der Waals surface area contributed by atoms with Gasteiger partial charge in [-0.05, 0) is 61.4 Å². The van der Waals surface area contributed by atoms with Crippen LogP contribution in [-0.2, 0) is 0 Å². The topological polar surface area (TPSA) is 101 Å². The van der Waals surface area contributed by atoms with Gasteiger partial charge in [-0.3, -0.25) is 14.6 Å². The van der Waals surface area contributed by atoms with Crippen molar-refractivity contribution in [2.24, 2.45) is 0 Å². The molecule has 2 amide bonds. The molecule has 2 aromatic heterocycles. The molecule has 2 N–H and O–H groups in total. The van der Waals surface area contributed by atoms with Gasteiger partial charge in [0, 0.05) is 45.3 Å². The molecule has 1 aliphatic rings. The summed E-state index contributed by atoms with van der Waals surface area (Å²) in [5.74, 6) is -0.918. The first-order chi connectivity index (χ1) is 17.0. The zero-order valence-electron chi connectivity index (χ0n) is 18.9. The summed E-state index contributed by atoms with van der Waals surface area (Å²) in [6, 6.07) is 18.5. The van der Waals surface area contributed by atoms with Gasteiger partial charge < -0.3 is 20.6 Å². The summed E-state index contributed by atoms with van der Waals surface area (Å²) in [6.45, 7) is 0. The molecule has 0 unspecified atom stereocenters. The third kappa shape index (κ3) is 4.92. The van der Waals surface area contributed by atoms with E-state index in [9.17, 15) is 14.8 Å². The minimum atomic E-state index is -0.630. The molecule has 178 valence electrons. The predicted molar refractivity (Wildman–Crippen MR) is 136 cm³/mol. The Balaban J connectivity index is 1.30. The number of amides is 2. The van der Waals surface area contributed by atoms with Crippen molar-refractivity contribution < 1.29 is 9.59 Å². The number of carbonyl (C=O) groups is 2. The average Bonchev–Trinajstić information content (AvgIpc) is 3.32. The second kappa shape index (κ2) is 9.90. The van der Waals surface area contributed by atoms with E-state index in [-0.39, 0.29) is 5.91 Å². The standard InChI is InChI=1S/C27H24ClN4O3/c28-20-12-13-22-19(15-20)16-24(30-22)26(33)31-23-6-1-2-7-25(23)32(35)27(34)18-10-8-17(9-11-18)21-5-3-4-14-29-21/h3-5,8-16,23,25,30H,1-2,6-7H2,(H,31,33)/q-1/t23-,25+/m0/s1. The molecule has 1 saturated carbocycles. The lowest BCUT2D eigenvalue weighted by Crippen LogP contribution is -2.53. The number of hydroxylamine groups is 2. The van der Waals surface area contributed by atoms with Crippen LogP contribution in [0, 0.1) is 5.21 Å². The van der Waals surface area contributed by atoms with Crippen molar-refractivity contribution in [2.75, 3.05) is 0 Å². The monoisotopic (exact) mass is 487 g/mol. The van der Waals surface area contributed by atoms with Gasteiger partial charge in [-0.25, -0.2) is 0 Å². The molecule has 0 spiro atoms. The van der Waals surface area contributed by atoms with Crippen molar-refractivity contribution in [1.29, 1.82) is 0 Å². The Kier molecular flexibility index (Phi) is 6.53. The number of nitrogens with one attached hydrogen (secondary N) is 2. The van der Waals surface area contributed by atoms with E-state index in [1.54, 1.807) is 48.7 Å². The zero-order valence-corrected chi connectivity index (χ0v) is 19.7. The van der Waals surface area contributed by atoms with Crippen LogP contribution >= 0.6 is 11.6 Å². The lowest BCUT2D eigenvalue weighted by atomic mass is 9.89. The van der Waals surface area contributed by atoms with Gasteiger partial charge in [-0.15, -0.1) is 0 Å². The summed E-state index contributed by atoms with van der Waals surface area (Å²) in [5.41, 5.74) is 3.15. The number of halogens is 1. The van der Waals surface area contributed by atoms with E-state index >= 15 is 0 Å². The molecule has 35 heavy (non-hydrogen) atoms. The van der Waals surface area contributed by atoms with Crippen molar-refractivity contribution in [3.05, 3.63) is 94.4 Å². The van der Waals surface area contributed by atoms with Gasteiger partial charge in [0.05, 0.1) is 5.69 Å². The maximum atomic E-state index is 13.1. The smallest absolute Gasteiger partial charge is 0.268 e. The Bertz CT molecular complexity index is 1350. The van der Waals surface area contributed by atoms with Gasteiger partial charge in [0.2, 0.25) is 5.91 Å². The molecule has 2 heterocycles. The predicted octanol–water partition coefficient (Wildman–Crippen LogP) is 5.56. The van der Waals surface area contributed by atoms with Crippen LogP contribution < -0.4 is 5.32 Å². The average molecular weight is 488 g/mol. The number of carbonyl (C=O) groups excluding carboxylic acids is 2. The number of H-pyrrole nitrogens is 1. The molecule has 0 bridgehead atoms. The number of fused-ring (bicyclic) bond motifs is 1. The molecular formula is C27H24ClN4O3-. The summed E-state index contributed by atoms with van der Waals surface area (Å²) < 4.78 is 0. The Morgan fingerprint density at radius 3 is 2.60 bits per heavy atom. The van der Waals surface area contributed by atoms with Crippen LogP contribution in [0.3, 0.4) is 0 Å². The molecule has 1 fully saturated rings. The van der Waals surface area contributed by atoms with Crippen molar-refractivity contribution in [3.8, 4) is 11.3 Å². The largest absolute Gasteiger partial charge is 0.756 e. The third-order valence-corrected chi connectivity index (χ3v) is 6.70. The minimum Gasteiger partial charge on any atom is -0.756 e. The molecule has 4 aromatic rings. The summed E-state index contributed by atoms with van der Waals surface area (Å²) in [6.07, 6.45) is 4.58. The number of hydrogen-bond donors (Lipinski definition) is 2. The van der Waals surface area contributed by atoms with Gasteiger partial charge in [0.15, 0.2) is 0 Å². The van der Waals surface area contributed by atoms with Crippen LogP contribution in [0.2, 0.25) is 5.02 Å². The molecule has 0 aliphatic heterocycles. The van der Waals surface area contributed by atoms with Gasteiger partial charge in [0.1, 0.15) is 5.69 Å². The van der Waals surface area contributed by atoms with Gasteiger partial charge in [-0.1, -0.05) is 42.6 Å². The molecule has 8 heteroatoms. The first-order valence-corrected chi connectivity index (χ1v) is 12.0. The second-order valence-corrected chi connectivity index (χ2v) is 9.21. The lowest BCUT2D eigenvalue weighted by Gasteiger charge is -2.44. The molecule has 1 aliphatic carbocycles. The number of benzene rings is 2. The van der Waals surface area contributed by atoms with E-state index in [4.69, 9.17) is 11.6 Å². The van der Waals surface area contributed by atoms with E-state index in [1.165, 1.54) is 0 Å². The zero-order chi connectivity index (χ0) is 24.4. The van der Waals surface area contributed by atoms with Crippen molar-refractivity contribution >= 4 is 34.3 Å². The number of hydrogen-bond acceptors (Lipinski definition) is 4. The van der Waals surface area contributed by atoms with Crippen LogP contribution in [0.4, 0.5) is 0 Å². The van der Waals surface area contributed by atoms with E-state index in [2.05, 4.69) is 15.3 Å². The summed E-state index contributed by atoms with van der Waals surface area (Å²) in [5, 5.41) is 18.1. The Morgan fingerprint density at radius 1 is 1.03 bits per heavy atom. The first-order valence-electron chi connectivity index (χ1n) is 11.6. The quantitative estimate of drug-likeness (QED) is 0.359. The Labute approximate surface area is 207 Å². The molecule has 7 nitrogen and oxygen atoms in total. The van der Waals surface area contributed by atoms with E-state index in [0.29, 0.717) is 34.2 Å². The van der Waals surface area contributed by atoms with Crippen molar-refractivity contribution in [2.45, 2.75) is 37.8 Å². The summed E-state index contributed by atoms with van der Waals surface area (Å²) in [4.78, 5) is 33.4. The van der Waals surface area contributed by atoms with E-state index < -0.39 is 18.0 Å². The fourth-order valence-electron chi connectivity index (χ4n) is 4.63. The van der Waals surface area contributed by atoms with Gasteiger partial charge >= 0.3 is 0 Å². The Hall–Kier alpha value is -3.68. The van der Waals surface area contributed by atoms with Crippen LogP contribution in [0.15, 0.2) is 72.9 Å². The van der Waals surface area contributed by atoms with Crippen LogP contribution in [0.1, 0.15) is 46.5 Å². The maximum absolute atomic E-state index is 13.1. The van der Waals surface area contributed by atoms with Crippen LogP contribution in [0.5, 0.6) is 0 Å². The number of rotatable bonds is 5. The highest BCUT2D eigenvalue weighted by atomic mass is 35.5. The molecule has 2 atom stereocenters. The molecule has 0 saturated heterocycles. The molecule has 2 aromatic carbocycles. The summed E-state index contributed by atoms with van der Waals surface area (Å²) >= 11 is 6.05. The number of nitrogens with zero attached hydrogens (tertiary/aromatic N) is 2. The number of aromatic amines is 1. The highest BCUT2D eigenvalue weighted by molar-refractivity contribution is 6.31. The fraction of sp³-hybridized carbons (Fsp3) is 0.222. The molecular weight excluding hydrogens is 464 g/mol. The minimum absolute atomic E-state index is 0.308. The highest BCUT2D eigenvalue weighted by Crippen LogP contribution is 2.26. The number of pyridine rings is 1. The lowest BCUT2D eigenvalue weighted by molar-refractivity contribution is 0.0671. The van der Waals surface area contributed by atoms with Gasteiger partial charge in [0.25, 0.3) is 5.91 Å². The van der Waals surface area contributed by atoms with E-state index in [1.807, 2.05) is 24.3 Å². The number of aromatic nitrogens is 2. The highest BCUT2D eigenvalue weighted by Gasteiger charge is 2.30. The maximum Gasteiger partial charge on any atom is 0.268 e. The SMILES string of the molecule is O=C(N[C@H]1CCCC[C@H]1N([O-])C(=O)c1ccc(-c2ccccn2)cc1)c1cc2cc(Cl)ccc2[nH]1. The fourth-order valence-corrected chi connectivity index (χ4v) is 4.81. The van der Waals surface area contributed by atoms with Crippen molar-refractivity contribution in [1.82, 2.24) is 20.3 Å². The van der Waals surface area contributed by atoms with E-state index in [0.717, 1.165) is 35.0 Å². The third-order valence-electron chi connectivity index (χ3n) is 6.47. The van der Waals surface area contributed by atoms with Gasteiger partial charge in [-0.2, -0.15) is 0 Å². The molecule has 0 radical (unpaired) electrons. The van der Waals surface area contributed by atoms with Crippen molar-refractivity contribution in [3.63, 3.8) is 0 Å². The molecule has 5 rings (SSSR count). The van der Waals surface area contributed by atoms with Crippen LogP contribution in [0.25, 0.3) is 22.2 Å². The van der Waals surface area contributed by atoms with Crippen LogP contribution in [-0.4, -0.2) is 38.9 Å². The normalized spacial score (nSPS) is 17.8. The summed E-state index contributed by atoms with van der Waals surface area (Å²) in [7, 11) is 0. The first kappa shape index (κ1) is 23.1.